The highest BCUT2D eigenvalue weighted by Gasteiger charge is 2.31. The van der Waals surface area contributed by atoms with Crippen LogP contribution in [-0.2, 0) is 4.79 Å². The van der Waals surface area contributed by atoms with Crippen molar-refractivity contribution in [3.8, 4) is 11.5 Å². The molecule has 0 saturated carbocycles. The summed E-state index contributed by atoms with van der Waals surface area (Å²) in [5.41, 5.74) is 0. The second kappa shape index (κ2) is 7.88. The summed E-state index contributed by atoms with van der Waals surface area (Å²) in [6.07, 6.45) is 4.32. The largest absolute Gasteiger partial charge is 0.493 e. The number of carbonyl (C=O) groups excluding carboxylic acids is 1. The summed E-state index contributed by atoms with van der Waals surface area (Å²) in [4.78, 5) is 17.0. The van der Waals surface area contributed by atoms with Gasteiger partial charge in [0.15, 0.2) is 11.5 Å². The van der Waals surface area contributed by atoms with Gasteiger partial charge in [0.2, 0.25) is 5.91 Å². The minimum atomic E-state index is 0.0131. The molecule has 2 aliphatic heterocycles. The van der Waals surface area contributed by atoms with Gasteiger partial charge < -0.3 is 14.4 Å². The van der Waals surface area contributed by atoms with Crippen LogP contribution in [0.3, 0.4) is 0 Å². The molecular formula is C19H28N2O3. The summed E-state index contributed by atoms with van der Waals surface area (Å²) < 4.78 is 11.4. The zero-order valence-electron chi connectivity index (χ0n) is 14.7. The topological polar surface area (TPSA) is 42.0 Å². The zero-order valence-corrected chi connectivity index (χ0v) is 14.7. The van der Waals surface area contributed by atoms with Crippen LogP contribution in [0.25, 0.3) is 0 Å². The van der Waals surface area contributed by atoms with Gasteiger partial charge in [-0.05, 0) is 45.0 Å². The van der Waals surface area contributed by atoms with Gasteiger partial charge in [0, 0.05) is 25.9 Å². The lowest BCUT2D eigenvalue weighted by Gasteiger charge is -2.35. The Balaban J connectivity index is 1.51. The van der Waals surface area contributed by atoms with Crippen molar-refractivity contribution in [2.45, 2.75) is 44.8 Å². The SMILES string of the molecule is COc1ccccc1OC1CCN(C(=O)[C@@H](C)N2CCCC2)CC1. The maximum absolute atomic E-state index is 12.7. The van der Waals surface area contributed by atoms with Gasteiger partial charge in [0.05, 0.1) is 13.2 Å². The van der Waals surface area contributed by atoms with Crippen LogP contribution >= 0.6 is 0 Å². The van der Waals surface area contributed by atoms with Crippen LogP contribution in [0.5, 0.6) is 11.5 Å². The molecule has 24 heavy (non-hydrogen) atoms. The molecule has 0 unspecified atom stereocenters. The van der Waals surface area contributed by atoms with Crippen molar-refractivity contribution in [2.24, 2.45) is 0 Å². The summed E-state index contributed by atoms with van der Waals surface area (Å²) in [6.45, 7) is 5.71. The van der Waals surface area contributed by atoms with Crippen molar-refractivity contribution in [3.63, 3.8) is 0 Å². The lowest BCUT2D eigenvalue weighted by molar-refractivity contribution is -0.137. The second-order valence-corrected chi connectivity index (χ2v) is 6.71. The maximum Gasteiger partial charge on any atom is 0.239 e. The number of piperidine rings is 1. The van der Waals surface area contributed by atoms with Crippen molar-refractivity contribution in [1.82, 2.24) is 9.80 Å². The molecule has 3 rings (SSSR count). The van der Waals surface area contributed by atoms with Crippen LogP contribution in [0.15, 0.2) is 24.3 Å². The zero-order chi connectivity index (χ0) is 16.9. The number of benzene rings is 1. The highest BCUT2D eigenvalue weighted by molar-refractivity contribution is 5.81. The molecule has 0 spiro atoms. The van der Waals surface area contributed by atoms with Crippen LogP contribution in [0.1, 0.15) is 32.6 Å². The first kappa shape index (κ1) is 17.1. The maximum atomic E-state index is 12.7. The predicted octanol–water partition coefficient (Wildman–Crippen LogP) is 2.55. The smallest absolute Gasteiger partial charge is 0.239 e. The van der Waals surface area contributed by atoms with Gasteiger partial charge in [-0.15, -0.1) is 0 Å². The Kier molecular flexibility index (Phi) is 5.61. The molecule has 0 radical (unpaired) electrons. The van der Waals surface area contributed by atoms with E-state index in [0.717, 1.165) is 50.5 Å². The number of hydrogen-bond acceptors (Lipinski definition) is 4. The van der Waals surface area contributed by atoms with E-state index in [2.05, 4.69) is 4.90 Å². The fourth-order valence-corrected chi connectivity index (χ4v) is 3.64. The van der Waals surface area contributed by atoms with Crippen molar-refractivity contribution in [3.05, 3.63) is 24.3 Å². The molecule has 1 aromatic rings. The Morgan fingerprint density at radius 2 is 1.71 bits per heavy atom. The molecule has 0 bridgehead atoms. The minimum absolute atomic E-state index is 0.0131. The Bertz CT molecular complexity index is 549. The van der Waals surface area contributed by atoms with E-state index in [-0.39, 0.29) is 18.1 Å². The van der Waals surface area contributed by atoms with Gasteiger partial charge in [-0.1, -0.05) is 12.1 Å². The first-order valence-electron chi connectivity index (χ1n) is 9.01. The quantitative estimate of drug-likeness (QED) is 0.831. The number of rotatable bonds is 5. The van der Waals surface area contributed by atoms with E-state index in [1.807, 2.05) is 36.1 Å². The average Bonchev–Trinajstić information content (AvgIpc) is 3.16. The van der Waals surface area contributed by atoms with Crippen LogP contribution in [0.4, 0.5) is 0 Å². The summed E-state index contributed by atoms with van der Waals surface area (Å²) in [5, 5.41) is 0. The van der Waals surface area contributed by atoms with E-state index in [1.54, 1.807) is 7.11 Å². The van der Waals surface area contributed by atoms with Crippen LogP contribution in [0, 0.1) is 0 Å². The normalized spacial score (nSPS) is 20.8. The lowest BCUT2D eigenvalue weighted by Crippen LogP contribution is -2.50. The summed E-state index contributed by atoms with van der Waals surface area (Å²) in [6, 6.07) is 7.75. The van der Waals surface area contributed by atoms with Crippen molar-refractivity contribution in [1.29, 1.82) is 0 Å². The number of methoxy groups -OCH3 is 1. The molecule has 0 aromatic heterocycles. The van der Waals surface area contributed by atoms with Gasteiger partial charge >= 0.3 is 0 Å². The monoisotopic (exact) mass is 332 g/mol. The number of amides is 1. The third-order valence-corrected chi connectivity index (χ3v) is 5.16. The molecule has 1 atom stereocenters. The van der Waals surface area contributed by atoms with Crippen molar-refractivity contribution >= 4 is 5.91 Å². The molecule has 5 heteroatoms. The number of nitrogens with zero attached hydrogens (tertiary/aromatic N) is 2. The fourth-order valence-electron chi connectivity index (χ4n) is 3.64. The molecule has 2 aliphatic rings. The molecule has 1 amide bonds. The van der Waals surface area contributed by atoms with Crippen LogP contribution in [0.2, 0.25) is 0 Å². The molecule has 2 fully saturated rings. The molecule has 132 valence electrons. The van der Waals surface area contributed by atoms with E-state index >= 15 is 0 Å². The summed E-state index contributed by atoms with van der Waals surface area (Å²) >= 11 is 0. The van der Waals surface area contributed by atoms with Crippen LogP contribution in [-0.4, -0.2) is 61.1 Å². The van der Waals surface area contributed by atoms with Crippen molar-refractivity contribution < 1.29 is 14.3 Å². The van der Waals surface area contributed by atoms with Gasteiger partial charge in [0.25, 0.3) is 0 Å². The molecular weight excluding hydrogens is 304 g/mol. The Morgan fingerprint density at radius 1 is 1.08 bits per heavy atom. The Hall–Kier alpha value is -1.75. The highest BCUT2D eigenvalue weighted by Crippen LogP contribution is 2.29. The molecule has 0 aliphatic carbocycles. The van der Waals surface area contributed by atoms with Gasteiger partial charge in [0.1, 0.15) is 6.10 Å². The van der Waals surface area contributed by atoms with E-state index in [1.165, 1.54) is 12.8 Å². The Labute approximate surface area is 144 Å². The van der Waals surface area contributed by atoms with Gasteiger partial charge in [-0.3, -0.25) is 9.69 Å². The molecule has 5 nitrogen and oxygen atoms in total. The lowest BCUT2D eigenvalue weighted by atomic mass is 10.1. The van der Waals surface area contributed by atoms with Gasteiger partial charge in [-0.2, -0.15) is 0 Å². The van der Waals surface area contributed by atoms with E-state index in [4.69, 9.17) is 9.47 Å². The summed E-state index contributed by atoms with van der Waals surface area (Å²) in [5.74, 6) is 1.82. The Morgan fingerprint density at radius 3 is 2.33 bits per heavy atom. The number of likely N-dealkylation sites (tertiary alicyclic amines) is 2. The number of para-hydroxylation sites is 2. The molecule has 2 saturated heterocycles. The van der Waals surface area contributed by atoms with Crippen LogP contribution < -0.4 is 9.47 Å². The van der Waals surface area contributed by atoms with Crippen molar-refractivity contribution in [2.75, 3.05) is 33.3 Å². The second-order valence-electron chi connectivity index (χ2n) is 6.71. The third kappa shape index (κ3) is 3.83. The third-order valence-electron chi connectivity index (χ3n) is 5.16. The van der Waals surface area contributed by atoms with E-state index in [0.29, 0.717) is 0 Å². The predicted molar refractivity (Wildman–Crippen MR) is 93.5 cm³/mol. The number of hydrogen-bond donors (Lipinski definition) is 0. The first-order chi connectivity index (χ1) is 11.7. The van der Waals surface area contributed by atoms with E-state index in [9.17, 15) is 4.79 Å². The average molecular weight is 332 g/mol. The standard InChI is InChI=1S/C19H28N2O3/c1-15(20-11-5-6-12-20)19(22)21-13-9-16(10-14-21)24-18-8-4-3-7-17(18)23-2/h3-4,7-8,15-16H,5-6,9-14H2,1-2H3/t15-/m1/s1. The minimum Gasteiger partial charge on any atom is -0.493 e. The highest BCUT2D eigenvalue weighted by atomic mass is 16.5. The molecule has 1 aromatic carbocycles. The molecule has 2 heterocycles. The first-order valence-corrected chi connectivity index (χ1v) is 9.01. The number of ether oxygens (including phenoxy) is 2. The van der Waals surface area contributed by atoms with E-state index < -0.39 is 0 Å². The summed E-state index contributed by atoms with van der Waals surface area (Å²) in [7, 11) is 1.66. The fraction of sp³-hybridized carbons (Fsp3) is 0.632. The molecule has 0 N–H and O–H groups in total. The van der Waals surface area contributed by atoms with Gasteiger partial charge in [-0.25, -0.2) is 0 Å². The number of carbonyl (C=O) groups is 1.